The number of thioether (sulfide) groups is 1. The third kappa shape index (κ3) is 5.15. The van der Waals surface area contributed by atoms with Crippen LogP contribution >= 0.6 is 11.8 Å². The van der Waals surface area contributed by atoms with E-state index < -0.39 is 12.0 Å². The molecule has 0 amide bonds. The van der Waals surface area contributed by atoms with Gasteiger partial charge in [-0.3, -0.25) is 9.59 Å². The minimum atomic E-state index is -0.609. The Hall–Kier alpha value is -0.550. The lowest BCUT2D eigenvalue weighted by molar-refractivity contribution is -0.142. The fourth-order valence-electron chi connectivity index (χ4n) is 0.599. The fourth-order valence-corrected chi connectivity index (χ4v) is 1.26. The van der Waals surface area contributed by atoms with Gasteiger partial charge in [0.25, 0.3) is 0 Å². The van der Waals surface area contributed by atoms with Crippen LogP contribution < -0.4 is 5.73 Å². The van der Waals surface area contributed by atoms with Crippen molar-refractivity contribution in [3.8, 4) is 0 Å². The van der Waals surface area contributed by atoms with E-state index in [1.165, 1.54) is 14.0 Å². The predicted molar refractivity (Wildman–Crippen MR) is 47.7 cm³/mol. The molecule has 0 aliphatic rings. The maximum Gasteiger partial charge on any atom is 0.322 e. The minimum Gasteiger partial charge on any atom is -0.468 e. The molecule has 0 bridgehead atoms. The number of methoxy groups -OCH3 is 1. The summed E-state index contributed by atoms with van der Waals surface area (Å²) in [6.45, 7) is 1.48. The summed E-state index contributed by atoms with van der Waals surface area (Å²) in [5.41, 5.74) is 5.41. The van der Waals surface area contributed by atoms with E-state index in [0.717, 1.165) is 11.8 Å². The number of carbonyl (C=O) groups is 2. The van der Waals surface area contributed by atoms with Crippen LogP contribution in [-0.2, 0) is 14.3 Å². The van der Waals surface area contributed by atoms with Crippen LogP contribution in [0.1, 0.15) is 13.3 Å². The second-order valence-electron chi connectivity index (χ2n) is 2.26. The SMILES string of the molecule is COC(=O)[C@H](N)CCSC(C)=O. The molecule has 70 valence electrons. The quantitative estimate of drug-likeness (QED) is 0.641. The molecule has 0 heterocycles. The van der Waals surface area contributed by atoms with Gasteiger partial charge in [-0.25, -0.2) is 0 Å². The lowest BCUT2D eigenvalue weighted by Crippen LogP contribution is -2.32. The van der Waals surface area contributed by atoms with Crippen LogP contribution in [0, 0.1) is 0 Å². The van der Waals surface area contributed by atoms with Gasteiger partial charge in [0, 0.05) is 12.7 Å². The van der Waals surface area contributed by atoms with Crippen LogP contribution in [0.4, 0.5) is 0 Å². The molecule has 0 saturated heterocycles. The van der Waals surface area contributed by atoms with Gasteiger partial charge in [0.1, 0.15) is 6.04 Å². The minimum absolute atomic E-state index is 0.0343. The Morgan fingerprint density at radius 1 is 1.58 bits per heavy atom. The summed E-state index contributed by atoms with van der Waals surface area (Å²) < 4.78 is 4.41. The van der Waals surface area contributed by atoms with Gasteiger partial charge >= 0.3 is 5.97 Å². The summed E-state index contributed by atoms with van der Waals surface area (Å²) in [5.74, 6) is 0.130. The van der Waals surface area contributed by atoms with Crippen molar-refractivity contribution in [1.82, 2.24) is 0 Å². The number of hydrogen-bond acceptors (Lipinski definition) is 5. The van der Waals surface area contributed by atoms with Gasteiger partial charge in [-0.2, -0.15) is 0 Å². The standard InChI is InChI=1S/C7H13NO3S/c1-5(9)12-4-3-6(8)7(10)11-2/h6H,3-4,8H2,1-2H3/t6-/m1/s1. The monoisotopic (exact) mass is 191 g/mol. The molecule has 0 aromatic rings. The highest BCUT2D eigenvalue weighted by molar-refractivity contribution is 8.13. The average molecular weight is 191 g/mol. The van der Waals surface area contributed by atoms with Crippen molar-refractivity contribution >= 4 is 22.8 Å². The number of nitrogens with two attached hydrogens (primary N) is 1. The van der Waals surface area contributed by atoms with Gasteiger partial charge in [0.2, 0.25) is 0 Å². The molecule has 0 radical (unpaired) electrons. The second-order valence-corrected chi connectivity index (χ2v) is 3.53. The third-order valence-corrected chi connectivity index (χ3v) is 2.08. The summed E-state index contributed by atoms with van der Waals surface area (Å²) in [6, 6.07) is -0.609. The van der Waals surface area contributed by atoms with Crippen molar-refractivity contribution < 1.29 is 14.3 Å². The number of carbonyl (C=O) groups excluding carboxylic acids is 2. The van der Waals surface area contributed by atoms with Crippen LogP contribution in [0.2, 0.25) is 0 Å². The third-order valence-electron chi connectivity index (χ3n) is 1.24. The molecule has 0 fully saturated rings. The maximum absolute atomic E-state index is 10.7. The van der Waals surface area contributed by atoms with Crippen LogP contribution in [0.25, 0.3) is 0 Å². The maximum atomic E-state index is 10.7. The van der Waals surface area contributed by atoms with E-state index in [9.17, 15) is 9.59 Å². The summed E-state index contributed by atoms with van der Waals surface area (Å²) >= 11 is 1.16. The van der Waals surface area contributed by atoms with E-state index >= 15 is 0 Å². The number of rotatable bonds is 4. The van der Waals surface area contributed by atoms with Crippen molar-refractivity contribution in [3.05, 3.63) is 0 Å². The van der Waals surface area contributed by atoms with Gasteiger partial charge in [0.05, 0.1) is 7.11 Å². The molecule has 0 unspecified atom stereocenters. The molecule has 0 aliphatic heterocycles. The molecule has 0 saturated carbocycles. The summed E-state index contributed by atoms with van der Waals surface area (Å²) in [6.07, 6.45) is 0.469. The zero-order valence-electron chi connectivity index (χ0n) is 7.20. The Morgan fingerprint density at radius 2 is 2.17 bits per heavy atom. The number of esters is 1. The summed E-state index contributed by atoms with van der Waals surface area (Å²) in [5, 5.41) is 0.0343. The molecule has 12 heavy (non-hydrogen) atoms. The zero-order valence-corrected chi connectivity index (χ0v) is 8.02. The molecule has 0 rings (SSSR count). The van der Waals surface area contributed by atoms with Crippen LogP contribution in [0.5, 0.6) is 0 Å². The summed E-state index contributed by atoms with van der Waals surface area (Å²) in [7, 11) is 1.29. The first-order chi connectivity index (χ1) is 5.57. The lowest BCUT2D eigenvalue weighted by Gasteiger charge is -2.06. The van der Waals surface area contributed by atoms with Crippen molar-refractivity contribution in [3.63, 3.8) is 0 Å². The zero-order chi connectivity index (χ0) is 9.56. The first kappa shape index (κ1) is 11.4. The van der Waals surface area contributed by atoms with Gasteiger partial charge in [-0.05, 0) is 6.42 Å². The van der Waals surface area contributed by atoms with Crippen LogP contribution in [0.15, 0.2) is 0 Å². The molecule has 0 aromatic heterocycles. The molecule has 5 heteroatoms. The van der Waals surface area contributed by atoms with Crippen molar-refractivity contribution in [2.24, 2.45) is 5.73 Å². The van der Waals surface area contributed by atoms with E-state index in [4.69, 9.17) is 5.73 Å². The Morgan fingerprint density at radius 3 is 2.58 bits per heavy atom. The Balaban J connectivity index is 3.50. The van der Waals surface area contributed by atoms with E-state index in [1.54, 1.807) is 0 Å². The molecule has 0 aromatic carbocycles. The van der Waals surface area contributed by atoms with Gasteiger partial charge in [-0.1, -0.05) is 11.8 Å². The fraction of sp³-hybridized carbons (Fsp3) is 0.714. The van der Waals surface area contributed by atoms with Crippen molar-refractivity contribution in [2.45, 2.75) is 19.4 Å². The van der Waals surface area contributed by atoms with E-state index in [0.29, 0.717) is 12.2 Å². The topological polar surface area (TPSA) is 69.4 Å². The van der Waals surface area contributed by atoms with Crippen LogP contribution in [-0.4, -0.2) is 30.0 Å². The molecule has 4 nitrogen and oxygen atoms in total. The first-order valence-corrected chi connectivity index (χ1v) is 4.53. The summed E-state index contributed by atoms with van der Waals surface area (Å²) in [4.78, 5) is 21.2. The Bertz CT molecular complexity index is 172. The van der Waals surface area contributed by atoms with E-state index in [2.05, 4.69) is 4.74 Å². The molecular formula is C7H13NO3S. The van der Waals surface area contributed by atoms with Crippen molar-refractivity contribution in [2.75, 3.05) is 12.9 Å². The van der Waals surface area contributed by atoms with E-state index in [1.807, 2.05) is 0 Å². The van der Waals surface area contributed by atoms with Crippen LogP contribution in [0.3, 0.4) is 0 Å². The van der Waals surface area contributed by atoms with Gasteiger partial charge in [0.15, 0.2) is 5.12 Å². The number of hydrogen-bond donors (Lipinski definition) is 1. The van der Waals surface area contributed by atoms with Gasteiger partial charge in [-0.15, -0.1) is 0 Å². The molecule has 2 N–H and O–H groups in total. The highest BCUT2D eigenvalue weighted by Gasteiger charge is 2.12. The normalized spacial score (nSPS) is 12.2. The van der Waals surface area contributed by atoms with Crippen molar-refractivity contribution in [1.29, 1.82) is 0 Å². The highest BCUT2D eigenvalue weighted by Crippen LogP contribution is 2.05. The lowest BCUT2D eigenvalue weighted by atomic mass is 10.2. The predicted octanol–water partition coefficient (Wildman–Crippen LogP) is 0.157. The largest absolute Gasteiger partial charge is 0.468 e. The molecule has 0 aliphatic carbocycles. The first-order valence-electron chi connectivity index (χ1n) is 3.54. The number of ether oxygens (including phenoxy) is 1. The molecular weight excluding hydrogens is 178 g/mol. The molecule has 1 atom stereocenters. The second kappa shape index (κ2) is 6.02. The van der Waals surface area contributed by atoms with Gasteiger partial charge < -0.3 is 10.5 Å². The smallest absolute Gasteiger partial charge is 0.322 e. The highest BCUT2D eigenvalue weighted by atomic mass is 32.2. The molecule has 0 spiro atoms. The Labute approximate surface area is 75.8 Å². The average Bonchev–Trinajstić information content (AvgIpc) is 2.02. The Kier molecular flexibility index (Phi) is 5.74. The van der Waals surface area contributed by atoms with E-state index in [-0.39, 0.29) is 5.12 Å².